The molecule has 3 rings (SSSR count). The molecule has 0 saturated heterocycles. The van der Waals surface area contributed by atoms with Gasteiger partial charge in [-0.3, -0.25) is 4.79 Å². The van der Waals surface area contributed by atoms with Gasteiger partial charge in [0.25, 0.3) is 5.56 Å². The molecule has 20 heavy (non-hydrogen) atoms. The van der Waals surface area contributed by atoms with E-state index in [1.165, 1.54) is 16.9 Å². The van der Waals surface area contributed by atoms with E-state index >= 15 is 0 Å². The van der Waals surface area contributed by atoms with E-state index in [9.17, 15) is 4.79 Å². The molecule has 0 spiro atoms. The Morgan fingerprint density at radius 2 is 2.25 bits per heavy atom. The zero-order valence-electron chi connectivity index (χ0n) is 11.1. The van der Waals surface area contributed by atoms with Crippen LogP contribution in [0.25, 0.3) is 10.2 Å². The minimum absolute atomic E-state index is 0.0656. The van der Waals surface area contributed by atoms with Gasteiger partial charge in [0.2, 0.25) is 0 Å². The second kappa shape index (κ2) is 5.46. The number of anilines is 1. The molecule has 2 heterocycles. The van der Waals surface area contributed by atoms with E-state index in [1.54, 1.807) is 0 Å². The highest BCUT2D eigenvalue weighted by Gasteiger charge is 2.04. The summed E-state index contributed by atoms with van der Waals surface area (Å²) >= 11 is 1.42. The number of aromatic amines is 1. The molecule has 0 saturated carbocycles. The zero-order chi connectivity index (χ0) is 13.9. The van der Waals surface area contributed by atoms with E-state index in [2.05, 4.69) is 34.3 Å². The lowest BCUT2D eigenvalue weighted by Crippen LogP contribution is -2.13. The van der Waals surface area contributed by atoms with E-state index in [0.717, 1.165) is 17.6 Å². The summed E-state index contributed by atoms with van der Waals surface area (Å²) in [6.45, 7) is 2.64. The van der Waals surface area contributed by atoms with Crippen LogP contribution in [0.15, 0.2) is 40.5 Å². The average molecular weight is 285 g/mol. The molecule has 102 valence electrons. The SMILES string of the molecule is CCc1cccc(NCc2nc3ccsc3c(=O)[nH]2)c1. The van der Waals surface area contributed by atoms with Crippen LogP contribution < -0.4 is 10.9 Å². The fraction of sp³-hybridized carbons (Fsp3) is 0.200. The minimum atomic E-state index is -0.0656. The first kappa shape index (κ1) is 12.9. The summed E-state index contributed by atoms with van der Waals surface area (Å²) in [5.41, 5.74) is 3.02. The number of hydrogen-bond donors (Lipinski definition) is 2. The van der Waals surface area contributed by atoms with Crippen LogP contribution in [-0.4, -0.2) is 9.97 Å². The number of benzene rings is 1. The molecule has 0 aliphatic heterocycles. The summed E-state index contributed by atoms with van der Waals surface area (Å²) in [4.78, 5) is 19.1. The first-order valence-electron chi connectivity index (χ1n) is 6.55. The first-order valence-corrected chi connectivity index (χ1v) is 7.43. The van der Waals surface area contributed by atoms with Crippen molar-refractivity contribution in [3.05, 3.63) is 57.5 Å². The topological polar surface area (TPSA) is 57.8 Å². The van der Waals surface area contributed by atoms with E-state index < -0.39 is 0 Å². The van der Waals surface area contributed by atoms with Gasteiger partial charge >= 0.3 is 0 Å². The largest absolute Gasteiger partial charge is 0.378 e. The average Bonchev–Trinajstić information content (AvgIpc) is 2.94. The molecule has 0 fully saturated rings. The van der Waals surface area contributed by atoms with Crippen molar-refractivity contribution in [2.24, 2.45) is 0 Å². The van der Waals surface area contributed by atoms with Crippen LogP contribution in [0.1, 0.15) is 18.3 Å². The maximum Gasteiger partial charge on any atom is 0.268 e. The second-order valence-electron chi connectivity index (χ2n) is 4.56. The predicted octanol–water partition coefficient (Wildman–Crippen LogP) is 3.16. The second-order valence-corrected chi connectivity index (χ2v) is 5.47. The third-order valence-electron chi connectivity index (χ3n) is 3.16. The molecule has 1 aromatic carbocycles. The highest BCUT2D eigenvalue weighted by molar-refractivity contribution is 7.17. The fourth-order valence-electron chi connectivity index (χ4n) is 2.09. The third-order valence-corrected chi connectivity index (χ3v) is 4.06. The van der Waals surface area contributed by atoms with Crippen molar-refractivity contribution in [2.45, 2.75) is 19.9 Å². The number of aryl methyl sites for hydroxylation is 1. The van der Waals surface area contributed by atoms with Crippen LogP contribution in [0.2, 0.25) is 0 Å². The molecule has 2 aromatic heterocycles. The van der Waals surface area contributed by atoms with Crippen LogP contribution in [0.5, 0.6) is 0 Å². The van der Waals surface area contributed by atoms with Gasteiger partial charge in [-0.05, 0) is 35.6 Å². The zero-order valence-corrected chi connectivity index (χ0v) is 12.0. The Morgan fingerprint density at radius 1 is 1.35 bits per heavy atom. The van der Waals surface area contributed by atoms with Gasteiger partial charge in [-0.2, -0.15) is 0 Å². The highest BCUT2D eigenvalue weighted by atomic mass is 32.1. The number of aromatic nitrogens is 2. The van der Waals surface area contributed by atoms with Crippen LogP contribution in [-0.2, 0) is 13.0 Å². The van der Waals surface area contributed by atoms with Gasteiger partial charge < -0.3 is 10.3 Å². The summed E-state index contributed by atoms with van der Waals surface area (Å²) in [5, 5.41) is 5.17. The Kier molecular flexibility index (Phi) is 3.52. The Labute approximate surface area is 120 Å². The Hall–Kier alpha value is -2.14. The number of fused-ring (bicyclic) bond motifs is 1. The molecule has 0 atom stereocenters. The van der Waals surface area contributed by atoms with Crippen LogP contribution >= 0.6 is 11.3 Å². The molecule has 0 radical (unpaired) electrons. The van der Waals surface area contributed by atoms with Gasteiger partial charge in [0, 0.05) is 5.69 Å². The van der Waals surface area contributed by atoms with Gasteiger partial charge in [0.15, 0.2) is 0 Å². The maximum absolute atomic E-state index is 11.9. The maximum atomic E-state index is 11.9. The molecular weight excluding hydrogens is 270 g/mol. The van der Waals surface area contributed by atoms with E-state index in [4.69, 9.17) is 0 Å². The summed E-state index contributed by atoms with van der Waals surface area (Å²) in [6, 6.07) is 10.1. The van der Waals surface area contributed by atoms with Gasteiger partial charge in [0.1, 0.15) is 10.5 Å². The number of nitrogens with one attached hydrogen (secondary N) is 2. The molecule has 0 aliphatic carbocycles. The number of nitrogens with zero attached hydrogens (tertiary/aromatic N) is 1. The molecule has 0 amide bonds. The summed E-state index contributed by atoms with van der Waals surface area (Å²) < 4.78 is 0.682. The third kappa shape index (κ3) is 2.58. The Morgan fingerprint density at radius 3 is 3.10 bits per heavy atom. The lowest BCUT2D eigenvalue weighted by atomic mass is 10.1. The lowest BCUT2D eigenvalue weighted by molar-refractivity contribution is 0.955. The fourth-order valence-corrected chi connectivity index (χ4v) is 2.82. The van der Waals surface area contributed by atoms with Crippen molar-refractivity contribution in [3.8, 4) is 0 Å². The van der Waals surface area contributed by atoms with Gasteiger partial charge in [-0.25, -0.2) is 4.98 Å². The number of rotatable bonds is 4. The highest BCUT2D eigenvalue weighted by Crippen LogP contribution is 2.15. The van der Waals surface area contributed by atoms with Crippen LogP contribution in [0, 0.1) is 0 Å². The molecular formula is C15H15N3OS. The van der Waals surface area contributed by atoms with Gasteiger partial charge in [-0.15, -0.1) is 11.3 Å². The monoisotopic (exact) mass is 285 g/mol. The molecule has 3 aromatic rings. The molecule has 2 N–H and O–H groups in total. The predicted molar refractivity (Wildman–Crippen MR) is 83.4 cm³/mol. The van der Waals surface area contributed by atoms with Crippen molar-refractivity contribution >= 4 is 27.2 Å². The Balaban J connectivity index is 1.80. The number of H-pyrrole nitrogens is 1. The quantitative estimate of drug-likeness (QED) is 0.774. The normalized spacial score (nSPS) is 10.8. The van der Waals surface area contributed by atoms with Crippen molar-refractivity contribution in [1.29, 1.82) is 0 Å². The van der Waals surface area contributed by atoms with Crippen molar-refractivity contribution in [3.63, 3.8) is 0 Å². The number of hydrogen-bond acceptors (Lipinski definition) is 4. The molecule has 0 unspecified atom stereocenters. The lowest BCUT2D eigenvalue weighted by Gasteiger charge is -2.07. The van der Waals surface area contributed by atoms with Crippen LogP contribution in [0.3, 0.4) is 0 Å². The summed E-state index contributed by atoms with van der Waals surface area (Å²) in [7, 11) is 0. The van der Waals surface area contributed by atoms with E-state index in [0.29, 0.717) is 17.1 Å². The first-order chi connectivity index (χ1) is 9.76. The standard InChI is InChI=1S/C15H15N3OS/c1-2-10-4-3-5-11(8-10)16-9-13-17-12-6-7-20-14(12)15(19)18-13/h3-8,16H,2,9H2,1H3,(H,17,18,19). The Bertz CT molecular complexity index is 791. The number of thiophene rings is 1. The van der Waals surface area contributed by atoms with Crippen molar-refractivity contribution < 1.29 is 0 Å². The van der Waals surface area contributed by atoms with Crippen molar-refractivity contribution in [1.82, 2.24) is 9.97 Å². The summed E-state index contributed by atoms with van der Waals surface area (Å²) in [6.07, 6.45) is 1.01. The molecule has 4 nitrogen and oxygen atoms in total. The smallest absolute Gasteiger partial charge is 0.268 e. The minimum Gasteiger partial charge on any atom is -0.378 e. The molecule has 0 aliphatic rings. The van der Waals surface area contributed by atoms with Gasteiger partial charge in [0.05, 0.1) is 12.1 Å². The van der Waals surface area contributed by atoms with Gasteiger partial charge in [-0.1, -0.05) is 19.1 Å². The van der Waals surface area contributed by atoms with E-state index in [1.807, 2.05) is 23.6 Å². The summed E-state index contributed by atoms with van der Waals surface area (Å²) in [5.74, 6) is 0.655. The van der Waals surface area contributed by atoms with E-state index in [-0.39, 0.29) is 5.56 Å². The van der Waals surface area contributed by atoms with Crippen molar-refractivity contribution in [2.75, 3.05) is 5.32 Å². The molecule has 5 heteroatoms. The van der Waals surface area contributed by atoms with Crippen LogP contribution in [0.4, 0.5) is 5.69 Å². The molecule has 0 bridgehead atoms.